The van der Waals surface area contributed by atoms with Gasteiger partial charge in [0, 0.05) is 6.42 Å². The number of ether oxygens (including phenoxy) is 2. The van der Waals surface area contributed by atoms with Gasteiger partial charge in [-0.2, -0.15) is 8.42 Å². The van der Waals surface area contributed by atoms with E-state index in [2.05, 4.69) is 4.40 Å². The van der Waals surface area contributed by atoms with Crippen molar-refractivity contribution in [2.75, 3.05) is 7.11 Å². The van der Waals surface area contributed by atoms with Crippen LogP contribution < -0.4 is 0 Å². The first-order valence-corrected chi connectivity index (χ1v) is 8.81. The second-order valence-corrected chi connectivity index (χ2v) is 6.94. The number of phenolic OH excluding ortho intramolecular Hbond substituents is 1. The molecule has 1 aliphatic heterocycles. The Bertz CT molecular complexity index is 934. The van der Waals surface area contributed by atoms with Gasteiger partial charge in [-0.3, -0.25) is 0 Å². The number of esters is 1. The molecule has 0 saturated carbocycles. The molecule has 0 fully saturated rings. The molecule has 1 aliphatic rings. The van der Waals surface area contributed by atoms with E-state index < -0.39 is 22.1 Å². The Morgan fingerprint density at radius 2 is 1.84 bits per heavy atom. The van der Waals surface area contributed by atoms with Gasteiger partial charge in [-0.25, -0.2) is 4.79 Å². The van der Waals surface area contributed by atoms with Crippen LogP contribution in [0.15, 0.2) is 57.8 Å². The lowest BCUT2D eigenvalue weighted by Crippen LogP contribution is -2.30. The van der Waals surface area contributed by atoms with Crippen LogP contribution >= 0.6 is 0 Å². The van der Waals surface area contributed by atoms with Crippen LogP contribution in [0.2, 0.25) is 0 Å². The van der Waals surface area contributed by atoms with Crippen LogP contribution in [0, 0.1) is 0 Å². The van der Waals surface area contributed by atoms with Crippen molar-refractivity contribution in [1.29, 1.82) is 0 Å². The maximum atomic E-state index is 12.1. The zero-order chi connectivity index (χ0) is 18.0. The topological polar surface area (TPSA) is 102 Å². The van der Waals surface area contributed by atoms with Gasteiger partial charge in [0.25, 0.3) is 10.0 Å². The Morgan fingerprint density at radius 3 is 2.52 bits per heavy atom. The highest BCUT2D eigenvalue weighted by molar-refractivity contribution is 7.90. The Labute approximate surface area is 144 Å². The van der Waals surface area contributed by atoms with Crippen LogP contribution in [0.1, 0.15) is 11.1 Å². The molecule has 1 N–H and O–H groups in total. The van der Waals surface area contributed by atoms with Crippen molar-refractivity contribution in [1.82, 2.24) is 0 Å². The van der Waals surface area contributed by atoms with Gasteiger partial charge in [0.05, 0.1) is 12.7 Å². The average molecular weight is 361 g/mol. The van der Waals surface area contributed by atoms with Gasteiger partial charge >= 0.3 is 5.97 Å². The number of carbonyl (C=O) groups excluding carboxylic acids is 1. The van der Waals surface area contributed by atoms with Gasteiger partial charge in [-0.05, 0) is 29.8 Å². The summed E-state index contributed by atoms with van der Waals surface area (Å²) >= 11 is 0. The number of hydrogen-bond donors (Lipinski definition) is 1. The van der Waals surface area contributed by atoms with Crippen LogP contribution in [0.5, 0.6) is 5.75 Å². The first kappa shape index (κ1) is 17.0. The molecule has 1 heterocycles. The van der Waals surface area contributed by atoms with Crippen molar-refractivity contribution in [2.45, 2.75) is 17.4 Å². The molecule has 1 unspecified atom stereocenters. The monoisotopic (exact) mass is 361 g/mol. The zero-order valence-electron chi connectivity index (χ0n) is 13.2. The SMILES string of the molecule is COC(=O)C(Cc1ccc(O)cc1)OC1=NS(=O)(=O)c2ccccc21. The van der Waals surface area contributed by atoms with Crippen molar-refractivity contribution >= 4 is 21.9 Å². The average Bonchev–Trinajstić information content (AvgIpc) is 2.86. The number of rotatable bonds is 4. The molecule has 0 radical (unpaired) electrons. The summed E-state index contributed by atoms with van der Waals surface area (Å²) in [6, 6.07) is 12.5. The number of aromatic hydroxyl groups is 1. The number of benzene rings is 2. The van der Waals surface area contributed by atoms with Crippen molar-refractivity contribution < 1.29 is 27.8 Å². The predicted octanol–water partition coefficient (Wildman–Crippen LogP) is 1.64. The highest BCUT2D eigenvalue weighted by Crippen LogP contribution is 2.27. The Hall–Kier alpha value is -2.87. The molecule has 8 heteroatoms. The molecule has 0 spiro atoms. The molecule has 0 aromatic heterocycles. The fourth-order valence-electron chi connectivity index (χ4n) is 2.45. The summed E-state index contributed by atoms with van der Waals surface area (Å²) in [6.45, 7) is 0. The van der Waals surface area contributed by atoms with Crippen LogP contribution in [0.25, 0.3) is 0 Å². The molecule has 2 aromatic carbocycles. The van der Waals surface area contributed by atoms with Crippen LogP contribution in [0.4, 0.5) is 0 Å². The van der Waals surface area contributed by atoms with E-state index in [0.29, 0.717) is 11.1 Å². The summed E-state index contributed by atoms with van der Waals surface area (Å²) < 4.78 is 38.1. The third-order valence-electron chi connectivity index (χ3n) is 3.67. The lowest BCUT2D eigenvalue weighted by atomic mass is 10.1. The summed E-state index contributed by atoms with van der Waals surface area (Å²) in [5.74, 6) is -0.693. The van der Waals surface area contributed by atoms with E-state index in [9.17, 15) is 18.3 Å². The molecule has 0 amide bonds. The summed E-state index contributed by atoms with van der Waals surface area (Å²) in [5, 5.41) is 9.33. The summed E-state index contributed by atoms with van der Waals surface area (Å²) in [5.41, 5.74) is 1.02. The van der Waals surface area contributed by atoms with E-state index in [1.54, 1.807) is 30.3 Å². The molecule has 3 rings (SSSR count). The molecular weight excluding hydrogens is 346 g/mol. The van der Waals surface area contributed by atoms with E-state index in [1.165, 1.54) is 25.3 Å². The van der Waals surface area contributed by atoms with Crippen LogP contribution in [0.3, 0.4) is 0 Å². The molecule has 25 heavy (non-hydrogen) atoms. The second-order valence-electron chi connectivity index (χ2n) is 5.37. The van der Waals surface area contributed by atoms with Crippen molar-refractivity contribution in [2.24, 2.45) is 4.40 Å². The van der Waals surface area contributed by atoms with Crippen LogP contribution in [-0.2, 0) is 30.7 Å². The van der Waals surface area contributed by atoms with Crippen molar-refractivity contribution in [3.63, 3.8) is 0 Å². The smallest absolute Gasteiger partial charge is 0.347 e. The zero-order valence-corrected chi connectivity index (χ0v) is 14.1. The van der Waals surface area contributed by atoms with Gasteiger partial charge in [0.2, 0.25) is 12.0 Å². The maximum Gasteiger partial charge on any atom is 0.347 e. The lowest BCUT2D eigenvalue weighted by molar-refractivity contribution is -0.149. The number of hydrogen-bond acceptors (Lipinski definition) is 6. The quantitative estimate of drug-likeness (QED) is 0.831. The standard InChI is InChI=1S/C17H15NO6S/c1-23-17(20)14(10-11-6-8-12(19)9-7-11)24-16-13-4-2-3-5-15(13)25(21,22)18-16/h2-9,14,19H,10H2,1H3. The summed E-state index contributed by atoms with van der Waals surface area (Å²) in [6.07, 6.45) is -0.941. The molecular formula is C17H15NO6S. The van der Waals surface area contributed by atoms with Crippen molar-refractivity contribution in [3.05, 3.63) is 59.7 Å². The van der Waals surface area contributed by atoms with Gasteiger partial charge in [-0.1, -0.05) is 24.3 Å². The third kappa shape index (κ3) is 3.48. The van der Waals surface area contributed by atoms with Crippen molar-refractivity contribution in [3.8, 4) is 5.75 Å². The number of sulfonamides is 1. The normalized spacial score (nSPS) is 15.8. The first-order valence-electron chi connectivity index (χ1n) is 7.37. The van der Waals surface area contributed by atoms with E-state index in [4.69, 9.17) is 9.47 Å². The molecule has 130 valence electrons. The van der Waals surface area contributed by atoms with E-state index in [0.717, 1.165) is 0 Å². The number of fused-ring (bicyclic) bond motifs is 1. The van der Waals surface area contributed by atoms with E-state index in [-0.39, 0.29) is 23.0 Å². The lowest BCUT2D eigenvalue weighted by Gasteiger charge is -2.17. The van der Waals surface area contributed by atoms with Gasteiger partial charge in [-0.15, -0.1) is 4.40 Å². The largest absolute Gasteiger partial charge is 0.508 e. The Balaban J connectivity index is 1.89. The fraction of sp³-hybridized carbons (Fsp3) is 0.176. The van der Waals surface area contributed by atoms with Crippen LogP contribution in [-0.4, -0.2) is 38.6 Å². The molecule has 0 saturated heterocycles. The van der Waals surface area contributed by atoms with Gasteiger partial charge in [0.1, 0.15) is 10.6 Å². The maximum absolute atomic E-state index is 12.1. The number of phenols is 1. The van der Waals surface area contributed by atoms with Gasteiger partial charge in [0.15, 0.2) is 0 Å². The first-order chi connectivity index (χ1) is 11.9. The van der Waals surface area contributed by atoms with Gasteiger partial charge < -0.3 is 14.6 Å². The minimum absolute atomic E-state index is 0.0400. The molecule has 0 bridgehead atoms. The Kier molecular flexibility index (Phi) is 4.45. The summed E-state index contributed by atoms with van der Waals surface area (Å²) in [4.78, 5) is 12.1. The fourth-order valence-corrected chi connectivity index (χ4v) is 3.59. The third-order valence-corrected chi connectivity index (χ3v) is 4.99. The number of carbonyl (C=O) groups is 1. The number of methoxy groups -OCH3 is 1. The Morgan fingerprint density at radius 1 is 1.16 bits per heavy atom. The minimum atomic E-state index is -3.83. The van der Waals surface area contributed by atoms with E-state index in [1.807, 2.05) is 0 Å². The predicted molar refractivity (Wildman–Crippen MR) is 88.9 cm³/mol. The molecule has 1 atom stereocenters. The summed E-state index contributed by atoms with van der Waals surface area (Å²) in [7, 11) is -2.61. The highest BCUT2D eigenvalue weighted by Gasteiger charge is 2.33. The van der Waals surface area contributed by atoms with E-state index >= 15 is 0 Å². The molecule has 2 aromatic rings. The highest BCUT2D eigenvalue weighted by atomic mass is 32.2. The molecule has 7 nitrogen and oxygen atoms in total. The number of nitrogens with zero attached hydrogens (tertiary/aromatic N) is 1. The second kappa shape index (κ2) is 6.56. The minimum Gasteiger partial charge on any atom is -0.508 e. The molecule has 0 aliphatic carbocycles.